The van der Waals surface area contributed by atoms with Gasteiger partial charge in [-0.3, -0.25) is 9.98 Å². The maximum Gasteiger partial charge on any atom is 0.145 e. The van der Waals surface area contributed by atoms with Crippen LogP contribution in [0, 0.1) is 6.92 Å². The van der Waals surface area contributed by atoms with Crippen molar-refractivity contribution in [2.24, 2.45) is 10.7 Å². The number of aryl methyl sites for hydroxylation is 1. The van der Waals surface area contributed by atoms with Gasteiger partial charge in [0.2, 0.25) is 0 Å². The number of pyridine rings is 1. The van der Waals surface area contributed by atoms with Crippen LogP contribution in [-0.2, 0) is 0 Å². The van der Waals surface area contributed by atoms with Gasteiger partial charge in [-0.25, -0.2) is 0 Å². The zero-order valence-corrected chi connectivity index (χ0v) is 7.70. The van der Waals surface area contributed by atoms with Crippen molar-refractivity contribution in [3.05, 3.63) is 29.6 Å². The highest BCUT2D eigenvalue weighted by atomic mass is 14.9. The molecule has 1 heterocycles. The molecule has 2 N–H and O–H groups in total. The molecule has 1 aromatic heterocycles. The lowest BCUT2D eigenvalue weighted by atomic mass is 10.2. The quantitative estimate of drug-likeness (QED) is 0.543. The third-order valence-corrected chi connectivity index (χ3v) is 2.12. The number of aliphatic imine (C=N–C) groups is 1. The van der Waals surface area contributed by atoms with Gasteiger partial charge in [0.25, 0.3) is 0 Å². The van der Waals surface area contributed by atoms with Crippen molar-refractivity contribution >= 4 is 5.84 Å². The molecule has 1 fully saturated rings. The smallest absolute Gasteiger partial charge is 0.145 e. The second-order valence-corrected chi connectivity index (χ2v) is 3.41. The van der Waals surface area contributed by atoms with Gasteiger partial charge in [0.1, 0.15) is 11.5 Å². The Labute approximate surface area is 77.7 Å². The van der Waals surface area contributed by atoms with Crippen LogP contribution in [0.15, 0.2) is 23.3 Å². The van der Waals surface area contributed by atoms with Gasteiger partial charge in [-0.1, -0.05) is 6.07 Å². The molecule has 13 heavy (non-hydrogen) atoms. The largest absolute Gasteiger partial charge is 0.382 e. The summed E-state index contributed by atoms with van der Waals surface area (Å²) >= 11 is 0. The van der Waals surface area contributed by atoms with Gasteiger partial charge in [0.15, 0.2) is 0 Å². The lowest BCUT2D eigenvalue weighted by Crippen LogP contribution is -2.17. The first-order chi connectivity index (χ1) is 6.27. The van der Waals surface area contributed by atoms with Crippen LogP contribution in [0.4, 0.5) is 0 Å². The molecule has 0 radical (unpaired) electrons. The second kappa shape index (κ2) is 3.17. The van der Waals surface area contributed by atoms with E-state index in [1.165, 1.54) is 12.8 Å². The van der Waals surface area contributed by atoms with Crippen LogP contribution >= 0.6 is 0 Å². The summed E-state index contributed by atoms with van der Waals surface area (Å²) < 4.78 is 0. The first-order valence-electron chi connectivity index (χ1n) is 4.52. The highest BCUT2D eigenvalue weighted by molar-refractivity contribution is 5.97. The molecule has 0 atom stereocenters. The number of hydrogen-bond donors (Lipinski definition) is 1. The second-order valence-electron chi connectivity index (χ2n) is 3.41. The molecular formula is C10H13N3. The van der Waals surface area contributed by atoms with Crippen molar-refractivity contribution in [2.75, 3.05) is 0 Å². The Morgan fingerprint density at radius 2 is 2.38 bits per heavy atom. The summed E-state index contributed by atoms with van der Waals surface area (Å²) in [7, 11) is 0. The van der Waals surface area contributed by atoms with Crippen molar-refractivity contribution in [1.82, 2.24) is 4.98 Å². The van der Waals surface area contributed by atoms with E-state index in [2.05, 4.69) is 9.98 Å². The third kappa shape index (κ3) is 1.86. The summed E-state index contributed by atoms with van der Waals surface area (Å²) in [6.07, 6.45) is 4.09. The Balaban J connectivity index is 2.28. The lowest BCUT2D eigenvalue weighted by molar-refractivity contribution is 1.05. The molecule has 1 aliphatic rings. The van der Waals surface area contributed by atoms with Gasteiger partial charge in [-0.2, -0.15) is 0 Å². The summed E-state index contributed by atoms with van der Waals surface area (Å²) in [6.45, 7) is 2.00. The molecule has 0 bridgehead atoms. The molecule has 0 aliphatic heterocycles. The van der Waals surface area contributed by atoms with Gasteiger partial charge in [-0.05, 0) is 31.4 Å². The van der Waals surface area contributed by atoms with E-state index in [1.54, 1.807) is 6.20 Å². The molecule has 0 saturated heterocycles. The summed E-state index contributed by atoms with van der Waals surface area (Å²) in [4.78, 5) is 8.55. The maximum absolute atomic E-state index is 5.82. The fourth-order valence-corrected chi connectivity index (χ4v) is 1.22. The van der Waals surface area contributed by atoms with Gasteiger partial charge >= 0.3 is 0 Å². The van der Waals surface area contributed by atoms with E-state index in [-0.39, 0.29) is 0 Å². The van der Waals surface area contributed by atoms with Crippen LogP contribution in [-0.4, -0.2) is 16.9 Å². The Bertz CT molecular complexity index is 340. The van der Waals surface area contributed by atoms with E-state index in [0.717, 1.165) is 11.3 Å². The van der Waals surface area contributed by atoms with E-state index in [0.29, 0.717) is 11.9 Å². The summed E-state index contributed by atoms with van der Waals surface area (Å²) in [5.41, 5.74) is 7.74. The van der Waals surface area contributed by atoms with Crippen molar-refractivity contribution in [3.63, 3.8) is 0 Å². The Kier molecular flexibility index (Phi) is 2.00. The number of aromatic nitrogens is 1. The minimum Gasteiger partial charge on any atom is -0.382 e. The molecule has 3 heteroatoms. The van der Waals surface area contributed by atoms with E-state index in [9.17, 15) is 0 Å². The minimum absolute atomic E-state index is 0.460. The van der Waals surface area contributed by atoms with Crippen molar-refractivity contribution < 1.29 is 0 Å². The van der Waals surface area contributed by atoms with Crippen LogP contribution in [0.1, 0.15) is 24.1 Å². The number of rotatable bonds is 2. The summed E-state index contributed by atoms with van der Waals surface area (Å²) in [5, 5.41) is 0. The Morgan fingerprint density at radius 1 is 1.62 bits per heavy atom. The van der Waals surface area contributed by atoms with E-state index in [1.807, 2.05) is 19.1 Å². The summed E-state index contributed by atoms with van der Waals surface area (Å²) in [5.74, 6) is 0.584. The Morgan fingerprint density at radius 3 is 3.00 bits per heavy atom. The molecule has 0 unspecified atom stereocenters. The van der Waals surface area contributed by atoms with E-state index < -0.39 is 0 Å². The van der Waals surface area contributed by atoms with Crippen LogP contribution in [0.2, 0.25) is 0 Å². The monoisotopic (exact) mass is 175 g/mol. The molecule has 68 valence electrons. The lowest BCUT2D eigenvalue weighted by Gasteiger charge is -2.02. The van der Waals surface area contributed by atoms with Crippen molar-refractivity contribution in [3.8, 4) is 0 Å². The van der Waals surface area contributed by atoms with Crippen molar-refractivity contribution in [1.29, 1.82) is 0 Å². The normalized spacial score (nSPS) is 17.5. The average Bonchev–Trinajstić information content (AvgIpc) is 2.89. The van der Waals surface area contributed by atoms with Crippen LogP contribution in [0.25, 0.3) is 0 Å². The van der Waals surface area contributed by atoms with Crippen LogP contribution in [0.3, 0.4) is 0 Å². The molecule has 0 amide bonds. The number of amidine groups is 1. The molecule has 2 rings (SSSR count). The first kappa shape index (κ1) is 8.23. The van der Waals surface area contributed by atoms with E-state index in [4.69, 9.17) is 5.73 Å². The molecule has 1 aliphatic carbocycles. The number of nitrogens with two attached hydrogens (primary N) is 1. The molecule has 1 saturated carbocycles. The molecular weight excluding hydrogens is 162 g/mol. The van der Waals surface area contributed by atoms with Gasteiger partial charge in [0.05, 0.1) is 6.04 Å². The maximum atomic E-state index is 5.82. The molecule has 0 aromatic carbocycles. The zero-order chi connectivity index (χ0) is 9.26. The zero-order valence-electron chi connectivity index (χ0n) is 7.70. The van der Waals surface area contributed by atoms with Gasteiger partial charge < -0.3 is 5.73 Å². The average molecular weight is 175 g/mol. The third-order valence-electron chi connectivity index (χ3n) is 2.12. The highest BCUT2D eigenvalue weighted by Crippen LogP contribution is 2.23. The minimum atomic E-state index is 0.460. The topological polar surface area (TPSA) is 51.3 Å². The predicted molar refractivity (Wildman–Crippen MR) is 52.7 cm³/mol. The first-order valence-corrected chi connectivity index (χ1v) is 4.52. The summed E-state index contributed by atoms with van der Waals surface area (Å²) in [6, 6.07) is 4.36. The van der Waals surface area contributed by atoms with Crippen LogP contribution < -0.4 is 5.73 Å². The highest BCUT2D eigenvalue weighted by Gasteiger charge is 2.21. The fourth-order valence-electron chi connectivity index (χ4n) is 1.22. The molecule has 0 spiro atoms. The van der Waals surface area contributed by atoms with Gasteiger partial charge in [0, 0.05) is 6.20 Å². The van der Waals surface area contributed by atoms with Gasteiger partial charge in [-0.15, -0.1) is 0 Å². The van der Waals surface area contributed by atoms with Crippen molar-refractivity contribution in [2.45, 2.75) is 25.8 Å². The number of hydrogen-bond acceptors (Lipinski definition) is 2. The fraction of sp³-hybridized carbons (Fsp3) is 0.400. The predicted octanol–water partition coefficient (Wildman–Crippen LogP) is 1.26. The van der Waals surface area contributed by atoms with Crippen LogP contribution in [0.5, 0.6) is 0 Å². The van der Waals surface area contributed by atoms with E-state index >= 15 is 0 Å². The molecule has 1 aromatic rings. The number of nitrogens with zero attached hydrogens (tertiary/aromatic N) is 2. The Hall–Kier alpha value is -1.38. The standard InChI is InChI=1S/C10H13N3/c1-7-3-2-6-12-9(7)10(11)13-8-4-5-8/h2-3,6,8H,4-5H2,1H3,(H2,11,13). The molecule has 3 nitrogen and oxygen atoms in total. The SMILES string of the molecule is Cc1cccnc1C(N)=NC1CC1.